The van der Waals surface area contributed by atoms with Crippen molar-refractivity contribution in [2.75, 3.05) is 13.2 Å². The number of hydrogen-bond acceptors (Lipinski definition) is 3. The molecule has 1 aromatic rings. The molecule has 7 heteroatoms. The van der Waals surface area contributed by atoms with Crippen LogP contribution in [0.1, 0.15) is 22.8 Å². The average molecular weight is 312 g/mol. The van der Waals surface area contributed by atoms with Gasteiger partial charge < -0.3 is 10.1 Å². The van der Waals surface area contributed by atoms with Crippen LogP contribution >= 0.6 is 0 Å². The Labute approximate surface area is 126 Å². The predicted octanol–water partition coefficient (Wildman–Crippen LogP) is 3.16. The largest absolute Gasteiger partial charge is 0.489 e. The van der Waals surface area contributed by atoms with Gasteiger partial charge in [-0.3, -0.25) is 4.79 Å². The zero-order chi connectivity index (χ0) is 16.8. The van der Waals surface area contributed by atoms with E-state index in [1.807, 2.05) is 6.07 Å². The first-order chi connectivity index (χ1) is 10.3. The maximum absolute atomic E-state index is 12.8. The molecule has 0 radical (unpaired) electrons. The topological polar surface area (TPSA) is 62.1 Å². The van der Waals surface area contributed by atoms with Crippen LogP contribution in [0, 0.1) is 17.2 Å². The second kappa shape index (κ2) is 7.50. The smallest absolute Gasteiger partial charge is 0.416 e. The van der Waals surface area contributed by atoms with E-state index in [1.54, 1.807) is 6.92 Å². The highest BCUT2D eigenvalue weighted by Crippen LogP contribution is 2.32. The number of amides is 1. The minimum atomic E-state index is -4.56. The van der Waals surface area contributed by atoms with Crippen molar-refractivity contribution < 1.29 is 22.7 Å². The van der Waals surface area contributed by atoms with Crippen LogP contribution < -0.4 is 10.1 Å². The van der Waals surface area contributed by atoms with Gasteiger partial charge in [-0.25, -0.2) is 0 Å². The molecule has 0 spiro atoms. The highest BCUT2D eigenvalue weighted by atomic mass is 19.4. The molecule has 1 rings (SSSR count). The Bertz CT molecular complexity index is 591. The molecule has 0 aliphatic rings. The Morgan fingerprint density at radius 2 is 2.23 bits per heavy atom. The third-order valence-corrected chi connectivity index (χ3v) is 2.70. The first-order valence-electron chi connectivity index (χ1n) is 6.42. The van der Waals surface area contributed by atoms with Crippen LogP contribution in [-0.2, 0) is 6.18 Å². The number of rotatable bonds is 6. The van der Waals surface area contributed by atoms with E-state index in [0.717, 1.165) is 18.2 Å². The molecule has 1 N–H and O–H groups in total. The molecule has 118 valence electrons. The van der Waals surface area contributed by atoms with Gasteiger partial charge >= 0.3 is 6.18 Å². The summed E-state index contributed by atoms with van der Waals surface area (Å²) in [6.07, 6.45) is -3.15. The van der Waals surface area contributed by atoms with Crippen molar-refractivity contribution in [2.24, 2.45) is 5.92 Å². The average Bonchev–Trinajstić information content (AvgIpc) is 2.48. The van der Waals surface area contributed by atoms with E-state index >= 15 is 0 Å². The Kier molecular flexibility index (Phi) is 5.99. The number of carbonyl (C=O) groups excluding carboxylic acids is 1. The number of ether oxygens (including phenoxy) is 1. The molecule has 0 unspecified atom stereocenters. The van der Waals surface area contributed by atoms with Gasteiger partial charge in [-0.2, -0.15) is 18.4 Å². The normalized spacial score (nSPS) is 12.1. The van der Waals surface area contributed by atoms with Crippen LogP contribution in [0.25, 0.3) is 0 Å². The Balaban J connectivity index is 3.07. The minimum Gasteiger partial charge on any atom is -0.489 e. The molecule has 0 aliphatic heterocycles. The third-order valence-electron chi connectivity index (χ3n) is 2.70. The molecule has 1 amide bonds. The summed E-state index contributed by atoms with van der Waals surface area (Å²) < 4.78 is 43.5. The summed E-state index contributed by atoms with van der Waals surface area (Å²) in [6.45, 7) is 5.11. The number of nitrogens with one attached hydrogen (secondary N) is 1. The maximum atomic E-state index is 12.8. The monoisotopic (exact) mass is 312 g/mol. The number of benzene rings is 1. The van der Waals surface area contributed by atoms with Crippen molar-refractivity contribution >= 4 is 5.91 Å². The predicted molar refractivity (Wildman–Crippen MR) is 74.2 cm³/mol. The quantitative estimate of drug-likeness (QED) is 0.821. The Morgan fingerprint density at radius 1 is 1.55 bits per heavy atom. The summed E-state index contributed by atoms with van der Waals surface area (Å²) in [6, 6.07) is 4.58. The van der Waals surface area contributed by atoms with Crippen LogP contribution in [0.15, 0.2) is 30.9 Å². The van der Waals surface area contributed by atoms with Crippen molar-refractivity contribution in [1.29, 1.82) is 5.26 Å². The van der Waals surface area contributed by atoms with Crippen molar-refractivity contribution in [3.63, 3.8) is 0 Å². The molecular weight excluding hydrogens is 297 g/mol. The second-order valence-electron chi connectivity index (χ2n) is 4.55. The molecule has 0 aliphatic carbocycles. The molecule has 0 saturated carbocycles. The second-order valence-corrected chi connectivity index (χ2v) is 4.55. The van der Waals surface area contributed by atoms with Crippen LogP contribution in [-0.4, -0.2) is 19.1 Å². The van der Waals surface area contributed by atoms with Crippen molar-refractivity contribution in [2.45, 2.75) is 13.1 Å². The highest BCUT2D eigenvalue weighted by Gasteiger charge is 2.32. The number of alkyl halides is 3. The number of nitriles is 1. The minimum absolute atomic E-state index is 0.0232. The summed E-state index contributed by atoms with van der Waals surface area (Å²) in [7, 11) is 0. The van der Waals surface area contributed by atoms with Crippen LogP contribution in [0.4, 0.5) is 13.2 Å². The number of hydrogen-bond donors (Lipinski definition) is 1. The summed E-state index contributed by atoms with van der Waals surface area (Å²) in [5.74, 6) is -1.16. The van der Waals surface area contributed by atoms with Gasteiger partial charge in [-0.05, 0) is 25.1 Å². The molecule has 0 saturated heterocycles. The zero-order valence-corrected chi connectivity index (χ0v) is 11.9. The van der Waals surface area contributed by atoms with E-state index in [1.165, 1.54) is 6.08 Å². The van der Waals surface area contributed by atoms with Gasteiger partial charge in [0.05, 0.1) is 23.1 Å². The van der Waals surface area contributed by atoms with Gasteiger partial charge in [0.1, 0.15) is 12.4 Å². The lowest BCUT2D eigenvalue weighted by Crippen LogP contribution is -2.28. The highest BCUT2D eigenvalue weighted by molar-refractivity contribution is 5.97. The molecule has 0 bridgehead atoms. The summed E-state index contributed by atoms with van der Waals surface area (Å²) in [4.78, 5) is 12.0. The van der Waals surface area contributed by atoms with Gasteiger partial charge in [0, 0.05) is 6.54 Å². The van der Waals surface area contributed by atoms with E-state index in [2.05, 4.69) is 11.9 Å². The molecule has 22 heavy (non-hydrogen) atoms. The third kappa shape index (κ3) is 4.81. The molecule has 0 fully saturated rings. The number of nitrogens with zero attached hydrogens (tertiary/aromatic N) is 1. The Hall–Kier alpha value is -2.49. The maximum Gasteiger partial charge on any atom is 0.416 e. The van der Waals surface area contributed by atoms with Gasteiger partial charge in [-0.1, -0.05) is 12.7 Å². The molecule has 1 aromatic carbocycles. The SMILES string of the molecule is C=CCOc1ccc(C(F)(F)F)cc1C(=O)NC[C@H](C)C#N. The van der Waals surface area contributed by atoms with Crippen LogP contribution in [0.5, 0.6) is 5.75 Å². The summed E-state index contributed by atoms with van der Waals surface area (Å²) in [5, 5.41) is 11.1. The van der Waals surface area contributed by atoms with E-state index in [-0.39, 0.29) is 24.5 Å². The first-order valence-corrected chi connectivity index (χ1v) is 6.42. The van der Waals surface area contributed by atoms with Crippen molar-refractivity contribution in [1.82, 2.24) is 5.32 Å². The van der Waals surface area contributed by atoms with Gasteiger partial charge in [0.25, 0.3) is 5.91 Å². The van der Waals surface area contributed by atoms with Gasteiger partial charge in [0.2, 0.25) is 0 Å². The van der Waals surface area contributed by atoms with Gasteiger partial charge in [-0.15, -0.1) is 0 Å². The molecule has 0 aromatic heterocycles. The lowest BCUT2D eigenvalue weighted by molar-refractivity contribution is -0.137. The van der Waals surface area contributed by atoms with Crippen LogP contribution in [0.2, 0.25) is 0 Å². The fraction of sp³-hybridized carbons (Fsp3) is 0.333. The lowest BCUT2D eigenvalue weighted by Gasteiger charge is -2.14. The van der Waals surface area contributed by atoms with E-state index < -0.39 is 23.6 Å². The molecular formula is C15H15F3N2O2. The van der Waals surface area contributed by atoms with Crippen LogP contribution in [0.3, 0.4) is 0 Å². The van der Waals surface area contributed by atoms with Crippen molar-refractivity contribution in [3.05, 3.63) is 42.0 Å². The van der Waals surface area contributed by atoms with Gasteiger partial charge in [0.15, 0.2) is 0 Å². The standard InChI is InChI=1S/C15H15F3N2O2/c1-3-6-22-13-5-4-11(15(16,17)18)7-12(13)14(21)20-9-10(2)8-19/h3-5,7,10H,1,6,9H2,2H3,(H,20,21)/t10-/m1/s1. The number of carbonyl (C=O) groups is 1. The van der Waals surface area contributed by atoms with E-state index in [0.29, 0.717) is 0 Å². The summed E-state index contributed by atoms with van der Waals surface area (Å²) in [5.41, 5.74) is -1.18. The first kappa shape index (κ1) is 17.6. The fourth-order valence-electron chi connectivity index (χ4n) is 1.54. The number of halogens is 3. The zero-order valence-electron chi connectivity index (χ0n) is 11.9. The van der Waals surface area contributed by atoms with E-state index in [9.17, 15) is 18.0 Å². The molecule has 0 heterocycles. The Morgan fingerprint density at radius 3 is 2.77 bits per heavy atom. The fourth-order valence-corrected chi connectivity index (χ4v) is 1.54. The van der Waals surface area contributed by atoms with Crippen molar-refractivity contribution in [3.8, 4) is 11.8 Å². The summed E-state index contributed by atoms with van der Waals surface area (Å²) >= 11 is 0. The van der Waals surface area contributed by atoms with E-state index in [4.69, 9.17) is 10.00 Å². The molecule has 4 nitrogen and oxygen atoms in total. The molecule has 1 atom stereocenters. The lowest BCUT2D eigenvalue weighted by atomic mass is 10.1.